The predicted molar refractivity (Wildman–Crippen MR) is 64.2 cm³/mol. The molecule has 1 saturated heterocycles. The molecule has 86 valence electrons. The Morgan fingerprint density at radius 1 is 1.50 bits per heavy atom. The van der Waals surface area contributed by atoms with Crippen molar-refractivity contribution >= 4 is 17.7 Å². The van der Waals surface area contributed by atoms with Crippen LogP contribution in [0.25, 0.3) is 0 Å². The molecule has 2 atom stereocenters. The molecule has 1 aromatic carbocycles. The maximum absolute atomic E-state index is 11.1. The van der Waals surface area contributed by atoms with E-state index in [2.05, 4.69) is 0 Å². The molecule has 1 fully saturated rings. The standard InChI is InChI=1S/C12H14O3S/c1-15-9-4-2-3-8(5-9)10-6-16-7-11(10)12(13)14/h2-5,10-11H,6-7H2,1H3,(H,13,14). The first-order chi connectivity index (χ1) is 7.72. The Bertz CT molecular complexity index is 392. The molecule has 2 rings (SSSR count). The number of rotatable bonds is 3. The molecule has 2 unspecified atom stereocenters. The van der Waals surface area contributed by atoms with E-state index in [-0.39, 0.29) is 11.8 Å². The van der Waals surface area contributed by atoms with Crippen LogP contribution in [0.1, 0.15) is 11.5 Å². The van der Waals surface area contributed by atoms with Crippen LogP contribution in [-0.2, 0) is 4.79 Å². The number of benzene rings is 1. The van der Waals surface area contributed by atoms with Gasteiger partial charge in [-0.2, -0.15) is 11.8 Å². The zero-order chi connectivity index (χ0) is 11.5. The summed E-state index contributed by atoms with van der Waals surface area (Å²) in [5.74, 6) is 1.52. The van der Waals surface area contributed by atoms with Crippen LogP contribution in [0.15, 0.2) is 24.3 Å². The molecule has 0 bridgehead atoms. The number of thioether (sulfide) groups is 1. The second kappa shape index (κ2) is 4.78. The predicted octanol–water partition coefficient (Wildman–Crippen LogP) is 2.23. The van der Waals surface area contributed by atoms with Gasteiger partial charge in [-0.25, -0.2) is 0 Å². The summed E-state index contributed by atoms with van der Waals surface area (Å²) in [6.07, 6.45) is 0. The average molecular weight is 238 g/mol. The smallest absolute Gasteiger partial charge is 0.307 e. The highest BCUT2D eigenvalue weighted by Crippen LogP contribution is 2.38. The summed E-state index contributed by atoms with van der Waals surface area (Å²) < 4.78 is 5.16. The van der Waals surface area contributed by atoms with Gasteiger partial charge in [0.25, 0.3) is 0 Å². The lowest BCUT2D eigenvalue weighted by Gasteiger charge is -2.15. The first kappa shape index (κ1) is 11.3. The van der Waals surface area contributed by atoms with Gasteiger partial charge in [0, 0.05) is 17.4 Å². The van der Waals surface area contributed by atoms with Gasteiger partial charge in [0.2, 0.25) is 0 Å². The van der Waals surface area contributed by atoms with Gasteiger partial charge >= 0.3 is 5.97 Å². The second-order valence-corrected chi connectivity index (χ2v) is 4.94. The van der Waals surface area contributed by atoms with E-state index in [1.165, 1.54) is 0 Å². The van der Waals surface area contributed by atoms with Gasteiger partial charge in [0.1, 0.15) is 5.75 Å². The minimum Gasteiger partial charge on any atom is -0.497 e. The molecule has 1 N–H and O–H groups in total. The van der Waals surface area contributed by atoms with Crippen molar-refractivity contribution < 1.29 is 14.6 Å². The zero-order valence-electron chi connectivity index (χ0n) is 9.05. The van der Waals surface area contributed by atoms with Gasteiger partial charge in [-0.05, 0) is 17.7 Å². The molecule has 1 heterocycles. The van der Waals surface area contributed by atoms with Gasteiger partial charge < -0.3 is 9.84 Å². The van der Waals surface area contributed by atoms with Crippen molar-refractivity contribution in [2.75, 3.05) is 18.6 Å². The highest BCUT2D eigenvalue weighted by Gasteiger charge is 2.34. The van der Waals surface area contributed by atoms with Crippen LogP contribution in [0.5, 0.6) is 5.75 Å². The molecule has 0 saturated carbocycles. The van der Waals surface area contributed by atoms with E-state index in [0.717, 1.165) is 17.1 Å². The van der Waals surface area contributed by atoms with Crippen molar-refractivity contribution in [3.8, 4) is 5.75 Å². The number of ether oxygens (including phenoxy) is 1. The number of carboxylic acid groups (broad SMARTS) is 1. The lowest BCUT2D eigenvalue weighted by molar-refractivity contribution is -0.141. The number of methoxy groups -OCH3 is 1. The lowest BCUT2D eigenvalue weighted by atomic mass is 9.89. The molecule has 1 aliphatic rings. The summed E-state index contributed by atoms with van der Waals surface area (Å²) in [7, 11) is 1.62. The summed E-state index contributed by atoms with van der Waals surface area (Å²) >= 11 is 1.71. The molecule has 1 aromatic rings. The normalized spacial score (nSPS) is 24.3. The topological polar surface area (TPSA) is 46.5 Å². The van der Waals surface area contributed by atoms with E-state index in [0.29, 0.717) is 5.75 Å². The summed E-state index contributed by atoms with van der Waals surface area (Å²) in [6.45, 7) is 0. The maximum Gasteiger partial charge on any atom is 0.307 e. The SMILES string of the molecule is COc1cccc(C2CSCC2C(=O)O)c1. The molecule has 4 heteroatoms. The Morgan fingerprint density at radius 2 is 2.31 bits per heavy atom. The zero-order valence-corrected chi connectivity index (χ0v) is 9.87. The number of hydrogen-bond donors (Lipinski definition) is 1. The molecule has 0 aliphatic carbocycles. The van der Waals surface area contributed by atoms with Crippen molar-refractivity contribution in [2.24, 2.45) is 5.92 Å². The number of carboxylic acids is 1. The molecule has 0 aromatic heterocycles. The molecular weight excluding hydrogens is 224 g/mol. The van der Waals surface area contributed by atoms with Crippen LogP contribution in [0.3, 0.4) is 0 Å². The highest BCUT2D eigenvalue weighted by molar-refractivity contribution is 7.99. The van der Waals surface area contributed by atoms with Crippen LogP contribution in [-0.4, -0.2) is 29.7 Å². The molecule has 16 heavy (non-hydrogen) atoms. The van der Waals surface area contributed by atoms with Gasteiger partial charge in [0.05, 0.1) is 13.0 Å². The summed E-state index contributed by atoms with van der Waals surface area (Å²) in [5, 5.41) is 9.13. The minimum absolute atomic E-state index is 0.109. The van der Waals surface area contributed by atoms with E-state index < -0.39 is 5.97 Å². The second-order valence-electron chi connectivity index (χ2n) is 3.87. The van der Waals surface area contributed by atoms with E-state index in [4.69, 9.17) is 9.84 Å². The number of carbonyl (C=O) groups is 1. The largest absolute Gasteiger partial charge is 0.497 e. The molecular formula is C12H14O3S. The van der Waals surface area contributed by atoms with Crippen LogP contribution in [0.4, 0.5) is 0 Å². The number of aliphatic carboxylic acids is 1. The van der Waals surface area contributed by atoms with Gasteiger partial charge in [-0.1, -0.05) is 12.1 Å². The third-order valence-corrected chi connectivity index (χ3v) is 4.11. The Kier molecular flexibility index (Phi) is 3.39. The van der Waals surface area contributed by atoms with Crippen LogP contribution in [0, 0.1) is 5.92 Å². The van der Waals surface area contributed by atoms with Gasteiger partial charge in [-0.3, -0.25) is 4.79 Å². The minimum atomic E-state index is -0.696. The average Bonchev–Trinajstić information content (AvgIpc) is 2.78. The third kappa shape index (κ3) is 2.16. The maximum atomic E-state index is 11.1. The lowest BCUT2D eigenvalue weighted by Crippen LogP contribution is -2.20. The number of hydrogen-bond acceptors (Lipinski definition) is 3. The van der Waals surface area contributed by atoms with Crippen molar-refractivity contribution in [1.82, 2.24) is 0 Å². The molecule has 0 radical (unpaired) electrons. The van der Waals surface area contributed by atoms with Crippen molar-refractivity contribution in [3.63, 3.8) is 0 Å². The highest BCUT2D eigenvalue weighted by atomic mass is 32.2. The first-order valence-electron chi connectivity index (χ1n) is 5.17. The third-order valence-electron chi connectivity index (χ3n) is 2.92. The first-order valence-corrected chi connectivity index (χ1v) is 6.32. The van der Waals surface area contributed by atoms with Crippen molar-refractivity contribution in [3.05, 3.63) is 29.8 Å². The molecule has 0 amide bonds. The molecule has 0 spiro atoms. The fourth-order valence-corrected chi connectivity index (χ4v) is 3.44. The Morgan fingerprint density at radius 3 is 3.00 bits per heavy atom. The van der Waals surface area contributed by atoms with E-state index in [1.54, 1.807) is 18.9 Å². The van der Waals surface area contributed by atoms with Crippen molar-refractivity contribution in [1.29, 1.82) is 0 Å². The quantitative estimate of drug-likeness (QED) is 0.877. The fraction of sp³-hybridized carbons (Fsp3) is 0.417. The van der Waals surface area contributed by atoms with Gasteiger partial charge in [0.15, 0.2) is 0 Å². The monoisotopic (exact) mass is 238 g/mol. The van der Waals surface area contributed by atoms with E-state index in [1.807, 2.05) is 24.3 Å². The Hall–Kier alpha value is -1.16. The van der Waals surface area contributed by atoms with Crippen LogP contribution >= 0.6 is 11.8 Å². The van der Waals surface area contributed by atoms with Crippen LogP contribution in [0.2, 0.25) is 0 Å². The Labute approximate surface area is 98.8 Å². The summed E-state index contributed by atoms with van der Waals surface area (Å²) in [5.41, 5.74) is 1.07. The summed E-state index contributed by atoms with van der Waals surface area (Å²) in [6, 6.07) is 7.71. The van der Waals surface area contributed by atoms with Gasteiger partial charge in [-0.15, -0.1) is 0 Å². The fourth-order valence-electron chi connectivity index (χ4n) is 2.00. The molecule has 1 aliphatic heterocycles. The molecule has 3 nitrogen and oxygen atoms in total. The van der Waals surface area contributed by atoms with Crippen molar-refractivity contribution in [2.45, 2.75) is 5.92 Å². The van der Waals surface area contributed by atoms with Crippen LogP contribution < -0.4 is 4.74 Å². The summed E-state index contributed by atoms with van der Waals surface area (Å²) in [4.78, 5) is 11.1. The van der Waals surface area contributed by atoms with E-state index >= 15 is 0 Å². The van der Waals surface area contributed by atoms with E-state index in [9.17, 15) is 4.79 Å². The Balaban J connectivity index is 2.25.